The third-order valence-electron chi connectivity index (χ3n) is 3.26. The number of likely N-dealkylation sites (tertiary alicyclic amines) is 1. The Morgan fingerprint density at radius 3 is 2.95 bits per heavy atom. The number of carbonyl (C=O) groups is 2. The molecule has 1 aromatic heterocycles. The second kappa shape index (κ2) is 5.86. The van der Waals surface area contributed by atoms with Crippen molar-refractivity contribution in [1.82, 2.24) is 14.7 Å². The predicted molar refractivity (Wildman–Crippen MR) is 68.5 cm³/mol. The number of rotatable bonds is 3. The van der Waals surface area contributed by atoms with Crippen LogP contribution >= 0.6 is 0 Å². The van der Waals surface area contributed by atoms with Gasteiger partial charge in [0.1, 0.15) is 5.69 Å². The SMILES string of the molecule is CCOC(=O)[C@H]1CCCN(C(=O)c2ccn(C)n2)C1. The van der Waals surface area contributed by atoms with Gasteiger partial charge in [-0.2, -0.15) is 5.10 Å². The largest absolute Gasteiger partial charge is 0.466 e. The molecule has 1 atom stereocenters. The Hall–Kier alpha value is -1.85. The minimum Gasteiger partial charge on any atom is -0.466 e. The first-order valence-corrected chi connectivity index (χ1v) is 6.57. The fourth-order valence-electron chi connectivity index (χ4n) is 2.31. The second-order valence-electron chi connectivity index (χ2n) is 4.72. The van der Waals surface area contributed by atoms with Gasteiger partial charge in [-0.25, -0.2) is 0 Å². The van der Waals surface area contributed by atoms with E-state index in [1.165, 1.54) is 0 Å². The van der Waals surface area contributed by atoms with Crippen molar-refractivity contribution in [2.75, 3.05) is 19.7 Å². The molecule has 0 saturated carbocycles. The van der Waals surface area contributed by atoms with Gasteiger partial charge in [0, 0.05) is 26.3 Å². The van der Waals surface area contributed by atoms with Crippen LogP contribution in [0, 0.1) is 5.92 Å². The Kier molecular flexibility index (Phi) is 4.19. The van der Waals surface area contributed by atoms with E-state index in [0.29, 0.717) is 25.4 Å². The normalized spacial score (nSPS) is 19.3. The van der Waals surface area contributed by atoms with Crippen LogP contribution in [0.4, 0.5) is 0 Å². The molecule has 0 spiro atoms. The number of hydrogen-bond donors (Lipinski definition) is 0. The zero-order valence-corrected chi connectivity index (χ0v) is 11.3. The molecule has 6 nitrogen and oxygen atoms in total. The van der Waals surface area contributed by atoms with Crippen molar-refractivity contribution in [3.8, 4) is 0 Å². The van der Waals surface area contributed by atoms with Gasteiger partial charge >= 0.3 is 5.97 Å². The quantitative estimate of drug-likeness (QED) is 0.760. The molecule has 0 aromatic carbocycles. The third kappa shape index (κ3) is 3.13. The second-order valence-corrected chi connectivity index (χ2v) is 4.72. The average Bonchev–Trinajstić information content (AvgIpc) is 2.85. The molecule has 1 aliphatic rings. The van der Waals surface area contributed by atoms with Crippen molar-refractivity contribution in [2.24, 2.45) is 13.0 Å². The molecule has 2 heterocycles. The summed E-state index contributed by atoms with van der Waals surface area (Å²) in [5.74, 6) is -0.531. The maximum absolute atomic E-state index is 12.2. The molecule has 1 fully saturated rings. The highest BCUT2D eigenvalue weighted by molar-refractivity contribution is 5.92. The lowest BCUT2D eigenvalue weighted by Crippen LogP contribution is -2.43. The standard InChI is InChI=1S/C13H19N3O3/c1-3-19-13(18)10-5-4-7-16(9-10)12(17)11-6-8-15(2)14-11/h6,8,10H,3-5,7,9H2,1-2H3/t10-/m0/s1. The Morgan fingerprint density at radius 2 is 2.32 bits per heavy atom. The zero-order valence-electron chi connectivity index (χ0n) is 11.3. The lowest BCUT2D eigenvalue weighted by atomic mass is 9.98. The highest BCUT2D eigenvalue weighted by atomic mass is 16.5. The van der Waals surface area contributed by atoms with Crippen LogP contribution in [0.15, 0.2) is 12.3 Å². The number of ether oxygens (including phenoxy) is 1. The number of nitrogens with zero attached hydrogens (tertiary/aromatic N) is 3. The zero-order chi connectivity index (χ0) is 13.8. The van der Waals surface area contributed by atoms with Crippen LogP contribution in [0.25, 0.3) is 0 Å². The van der Waals surface area contributed by atoms with E-state index in [2.05, 4.69) is 5.10 Å². The monoisotopic (exact) mass is 265 g/mol. The summed E-state index contributed by atoms with van der Waals surface area (Å²) < 4.78 is 6.62. The summed E-state index contributed by atoms with van der Waals surface area (Å²) >= 11 is 0. The first-order chi connectivity index (χ1) is 9.11. The number of carbonyl (C=O) groups excluding carboxylic acids is 2. The molecular formula is C13H19N3O3. The molecule has 1 aromatic rings. The smallest absolute Gasteiger partial charge is 0.310 e. The van der Waals surface area contributed by atoms with Crippen LogP contribution in [0.3, 0.4) is 0 Å². The van der Waals surface area contributed by atoms with E-state index in [-0.39, 0.29) is 17.8 Å². The molecule has 1 saturated heterocycles. The molecule has 0 unspecified atom stereocenters. The van der Waals surface area contributed by atoms with Gasteiger partial charge in [0.25, 0.3) is 5.91 Å². The number of piperidine rings is 1. The fourth-order valence-corrected chi connectivity index (χ4v) is 2.31. The van der Waals surface area contributed by atoms with Crippen LogP contribution < -0.4 is 0 Å². The molecule has 0 bridgehead atoms. The van der Waals surface area contributed by atoms with Gasteiger partial charge in [-0.15, -0.1) is 0 Å². The number of hydrogen-bond acceptors (Lipinski definition) is 4. The average molecular weight is 265 g/mol. The lowest BCUT2D eigenvalue weighted by Gasteiger charge is -2.31. The predicted octanol–water partition coefficient (Wildman–Crippen LogP) is 0.835. The Bertz CT molecular complexity index is 469. The molecule has 0 N–H and O–H groups in total. The minimum atomic E-state index is -0.207. The first-order valence-electron chi connectivity index (χ1n) is 6.57. The van der Waals surface area contributed by atoms with Crippen molar-refractivity contribution in [2.45, 2.75) is 19.8 Å². The number of amides is 1. The van der Waals surface area contributed by atoms with E-state index in [9.17, 15) is 9.59 Å². The Morgan fingerprint density at radius 1 is 1.53 bits per heavy atom. The van der Waals surface area contributed by atoms with Crippen molar-refractivity contribution in [3.05, 3.63) is 18.0 Å². The summed E-state index contributed by atoms with van der Waals surface area (Å²) in [6.45, 7) is 3.26. The topological polar surface area (TPSA) is 64.4 Å². The molecule has 19 heavy (non-hydrogen) atoms. The third-order valence-corrected chi connectivity index (χ3v) is 3.26. The highest BCUT2D eigenvalue weighted by Gasteiger charge is 2.30. The van der Waals surface area contributed by atoms with E-state index < -0.39 is 0 Å². The molecule has 2 rings (SSSR count). The molecule has 6 heteroatoms. The van der Waals surface area contributed by atoms with E-state index >= 15 is 0 Å². The summed E-state index contributed by atoms with van der Waals surface area (Å²) in [7, 11) is 1.77. The maximum atomic E-state index is 12.2. The minimum absolute atomic E-state index is 0.116. The fraction of sp³-hybridized carbons (Fsp3) is 0.615. The van der Waals surface area contributed by atoms with Crippen molar-refractivity contribution >= 4 is 11.9 Å². The first kappa shape index (κ1) is 13.6. The number of aryl methyl sites for hydroxylation is 1. The van der Waals surface area contributed by atoms with Crippen molar-refractivity contribution in [1.29, 1.82) is 0 Å². The van der Waals surface area contributed by atoms with Gasteiger partial charge < -0.3 is 9.64 Å². The van der Waals surface area contributed by atoms with Crippen molar-refractivity contribution < 1.29 is 14.3 Å². The van der Waals surface area contributed by atoms with Gasteiger partial charge in [0.15, 0.2) is 0 Å². The lowest BCUT2D eigenvalue weighted by molar-refractivity contribution is -0.149. The summed E-state index contributed by atoms with van der Waals surface area (Å²) in [5, 5.41) is 4.10. The molecule has 1 amide bonds. The summed E-state index contributed by atoms with van der Waals surface area (Å²) in [6.07, 6.45) is 3.34. The molecule has 0 aliphatic carbocycles. The van der Waals surface area contributed by atoms with Crippen LogP contribution in [-0.2, 0) is 16.6 Å². The van der Waals surface area contributed by atoms with Gasteiger partial charge in [-0.1, -0.05) is 0 Å². The van der Waals surface area contributed by atoms with E-state index in [0.717, 1.165) is 12.8 Å². The summed E-state index contributed by atoms with van der Waals surface area (Å²) in [5.41, 5.74) is 0.423. The Labute approximate surface area is 112 Å². The van der Waals surface area contributed by atoms with E-state index in [1.807, 2.05) is 0 Å². The van der Waals surface area contributed by atoms with E-state index in [1.54, 1.807) is 35.8 Å². The van der Waals surface area contributed by atoms with Gasteiger partial charge in [-0.05, 0) is 25.8 Å². The van der Waals surface area contributed by atoms with Crippen LogP contribution in [0.2, 0.25) is 0 Å². The molecular weight excluding hydrogens is 246 g/mol. The molecule has 104 valence electrons. The number of esters is 1. The van der Waals surface area contributed by atoms with Gasteiger partial charge in [-0.3, -0.25) is 14.3 Å². The van der Waals surface area contributed by atoms with Gasteiger partial charge in [0.05, 0.1) is 12.5 Å². The molecule has 0 radical (unpaired) electrons. The van der Waals surface area contributed by atoms with Crippen LogP contribution in [0.5, 0.6) is 0 Å². The van der Waals surface area contributed by atoms with Crippen LogP contribution in [0.1, 0.15) is 30.3 Å². The summed E-state index contributed by atoms with van der Waals surface area (Å²) in [6, 6.07) is 1.69. The summed E-state index contributed by atoms with van der Waals surface area (Å²) in [4.78, 5) is 25.7. The maximum Gasteiger partial charge on any atom is 0.310 e. The van der Waals surface area contributed by atoms with Crippen LogP contribution in [-0.4, -0.2) is 46.3 Å². The van der Waals surface area contributed by atoms with Gasteiger partial charge in [0.2, 0.25) is 0 Å². The molecule has 1 aliphatic heterocycles. The van der Waals surface area contributed by atoms with Crippen molar-refractivity contribution in [3.63, 3.8) is 0 Å². The highest BCUT2D eigenvalue weighted by Crippen LogP contribution is 2.19. The number of aromatic nitrogens is 2. The Balaban J connectivity index is 2.01. The van der Waals surface area contributed by atoms with E-state index in [4.69, 9.17) is 4.74 Å².